The molecule has 3 heterocycles. The monoisotopic (exact) mass is 345 g/mol. The average Bonchev–Trinajstić information content (AvgIpc) is 3.42. The number of aromatic nitrogens is 4. The molecule has 1 aliphatic carbocycles. The van der Waals surface area contributed by atoms with Crippen molar-refractivity contribution in [3.63, 3.8) is 0 Å². The predicted molar refractivity (Wildman–Crippen MR) is 101 cm³/mol. The highest BCUT2D eigenvalue weighted by atomic mass is 15.2. The third-order valence-electron chi connectivity index (χ3n) is 5.40. The Morgan fingerprint density at radius 1 is 1.19 bits per heavy atom. The maximum Gasteiger partial charge on any atom is 0.159 e. The Morgan fingerprint density at radius 2 is 2.04 bits per heavy atom. The Labute approximate surface area is 153 Å². The van der Waals surface area contributed by atoms with Crippen LogP contribution < -0.4 is 0 Å². The van der Waals surface area contributed by atoms with Gasteiger partial charge in [-0.15, -0.1) is 0 Å². The van der Waals surface area contributed by atoms with E-state index in [-0.39, 0.29) is 0 Å². The number of fused-ring (bicyclic) bond motifs is 1. The summed E-state index contributed by atoms with van der Waals surface area (Å²) in [6.07, 6.45) is 7.59. The molecule has 1 aliphatic heterocycles. The number of rotatable bonds is 4. The Balaban J connectivity index is 1.30. The molecule has 2 aromatic heterocycles. The van der Waals surface area contributed by atoms with Crippen LogP contribution in [0.5, 0.6) is 0 Å². The van der Waals surface area contributed by atoms with Crippen molar-refractivity contribution < 1.29 is 0 Å². The fourth-order valence-electron chi connectivity index (χ4n) is 3.83. The minimum absolute atomic E-state index is 0.701. The molecule has 2 aliphatic rings. The quantitative estimate of drug-likeness (QED) is 0.785. The van der Waals surface area contributed by atoms with E-state index in [0.29, 0.717) is 5.92 Å². The molecule has 132 valence electrons. The summed E-state index contributed by atoms with van der Waals surface area (Å²) in [7, 11) is 0. The van der Waals surface area contributed by atoms with Crippen LogP contribution in [0, 0.1) is 6.92 Å². The number of hydrogen-bond acceptors (Lipinski definition) is 4. The second-order valence-corrected chi connectivity index (χ2v) is 7.59. The molecule has 5 rings (SSSR count). The van der Waals surface area contributed by atoms with Gasteiger partial charge in [0.25, 0.3) is 0 Å². The van der Waals surface area contributed by atoms with E-state index in [1.54, 1.807) is 0 Å². The molecular formula is C21H23N5. The van der Waals surface area contributed by atoms with Gasteiger partial charge in [0.1, 0.15) is 0 Å². The highest BCUT2D eigenvalue weighted by Crippen LogP contribution is 2.42. The molecule has 1 aromatic carbocycles. The van der Waals surface area contributed by atoms with Crippen molar-refractivity contribution in [3.05, 3.63) is 64.7 Å². The van der Waals surface area contributed by atoms with Crippen LogP contribution >= 0.6 is 0 Å². The Kier molecular flexibility index (Phi) is 3.82. The lowest BCUT2D eigenvalue weighted by molar-refractivity contribution is 0.243. The van der Waals surface area contributed by atoms with E-state index in [9.17, 15) is 0 Å². The molecule has 0 atom stereocenters. The van der Waals surface area contributed by atoms with E-state index >= 15 is 0 Å². The Bertz CT molecular complexity index is 924. The van der Waals surface area contributed by atoms with Crippen molar-refractivity contribution in [2.75, 3.05) is 6.54 Å². The normalized spacial score (nSPS) is 17.3. The van der Waals surface area contributed by atoms with E-state index in [2.05, 4.69) is 56.3 Å². The molecule has 0 saturated heterocycles. The molecule has 0 unspecified atom stereocenters. The number of nitrogens with one attached hydrogen (secondary N) is 1. The largest absolute Gasteiger partial charge is 0.294 e. The van der Waals surface area contributed by atoms with Gasteiger partial charge in [-0.2, -0.15) is 5.10 Å². The Morgan fingerprint density at radius 3 is 2.81 bits per heavy atom. The lowest BCUT2D eigenvalue weighted by Gasteiger charge is -2.26. The van der Waals surface area contributed by atoms with Gasteiger partial charge in [0.2, 0.25) is 0 Å². The first-order valence-corrected chi connectivity index (χ1v) is 9.42. The number of hydrogen-bond donors (Lipinski definition) is 1. The summed E-state index contributed by atoms with van der Waals surface area (Å²) in [4.78, 5) is 11.7. The van der Waals surface area contributed by atoms with Gasteiger partial charge in [-0.3, -0.25) is 10.00 Å². The predicted octanol–water partition coefficient (Wildman–Crippen LogP) is 3.61. The van der Waals surface area contributed by atoms with Crippen LogP contribution in [0.15, 0.2) is 36.7 Å². The number of H-pyrrole nitrogens is 1. The molecule has 5 nitrogen and oxygen atoms in total. The number of aryl methyl sites for hydroxylation is 1. The summed E-state index contributed by atoms with van der Waals surface area (Å²) in [6, 6.07) is 8.33. The van der Waals surface area contributed by atoms with Crippen LogP contribution in [0.3, 0.4) is 0 Å². The van der Waals surface area contributed by atoms with E-state index in [0.717, 1.165) is 37.4 Å². The maximum atomic E-state index is 4.59. The van der Waals surface area contributed by atoms with E-state index in [1.165, 1.54) is 40.9 Å². The number of nitrogens with zero attached hydrogens (tertiary/aromatic N) is 4. The summed E-state index contributed by atoms with van der Waals surface area (Å²) >= 11 is 0. The molecule has 0 spiro atoms. The van der Waals surface area contributed by atoms with Crippen LogP contribution in [0.4, 0.5) is 0 Å². The van der Waals surface area contributed by atoms with Gasteiger partial charge in [-0.25, -0.2) is 9.97 Å². The lowest BCUT2D eigenvalue weighted by atomic mass is 10.0. The minimum Gasteiger partial charge on any atom is -0.294 e. The SMILES string of the molecule is Cc1cccc(-c2ncc(CN3CCc4[nH]nc(C5CC5)c4C3)cn2)c1. The first-order valence-electron chi connectivity index (χ1n) is 9.42. The molecule has 1 fully saturated rings. The Hall–Kier alpha value is -2.53. The van der Waals surface area contributed by atoms with Gasteiger partial charge in [-0.1, -0.05) is 23.8 Å². The third-order valence-corrected chi connectivity index (χ3v) is 5.40. The second kappa shape index (κ2) is 6.32. The fraction of sp³-hybridized carbons (Fsp3) is 0.381. The molecule has 1 saturated carbocycles. The van der Waals surface area contributed by atoms with Gasteiger partial charge in [0.15, 0.2) is 5.82 Å². The van der Waals surface area contributed by atoms with Crippen molar-refractivity contribution in [1.29, 1.82) is 0 Å². The maximum absolute atomic E-state index is 4.59. The second-order valence-electron chi connectivity index (χ2n) is 7.59. The number of aromatic amines is 1. The van der Waals surface area contributed by atoms with E-state index in [4.69, 9.17) is 0 Å². The van der Waals surface area contributed by atoms with E-state index < -0.39 is 0 Å². The van der Waals surface area contributed by atoms with Crippen molar-refractivity contribution in [2.45, 2.75) is 45.2 Å². The first kappa shape index (κ1) is 15.7. The zero-order valence-electron chi connectivity index (χ0n) is 15.1. The van der Waals surface area contributed by atoms with Crippen molar-refractivity contribution in [3.8, 4) is 11.4 Å². The van der Waals surface area contributed by atoms with Crippen LogP contribution in [0.2, 0.25) is 0 Å². The molecule has 3 aromatic rings. The molecular weight excluding hydrogens is 322 g/mol. The van der Waals surface area contributed by atoms with Gasteiger partial charge in [0.05, 0.1) is 5.69 Å². The topological polar surface area (TPSA) is 57.7 Å². The first-order chi connectivity index (χ1) is 12.8. The lowest BCUT2D eigenvalue weighted by Crippen LogP contribution is -2.30. The fourth-order valence-corrected chi connectivity index (χ4v) is 3.83. The molecule has 0 amide bonds. The summed E-state index contributed by atoms with van der Waals surface area (Å²) in [5.74, 6) is 1.50. The van der Waals surface area contributed by atoms with Crippen molar-refractivity contribution in [2.24, 2.45) is 0 Å². The van der Waals surface area contributed by atoms with Gasteiger partial charge < -0.3 is 0 Å². The van der Waals surface area contributed by atoms with Crippen LogP contribution in [-0.4, -0.2) is 31.6 Å². The standard InChI is InChI=1S/C21H23N5/c1-14-3-2-4-17(9-14)21-22-10-15(11-23-21)12-26-8-7-19-18(13-26)20(25-24-19)16-5-6-16/h2-4,9-11,16H,5-8,12-13H2,1H3,(H,24,25). The summed E-state index contributed by atoms with van der Waals surface area (Å²) in [6.45, 7) is 5.02. The van der Waals surface area contributed by atoms with Gasteiger partial charge >= 0.3 is 0 Å². The van der Waals surface area contributed by atoms with E-state index in [1.807, 2.05) is 12.4 Å². The highest BCUT2D eigenvalue weighted by molar-refractivity contribution is 5.55. The molecule has 5 heteroatoms. The molecule has 26 heavy (non-hydrogen) atoms. The summed E-state index contributed by atoms with van der Waals surface area (Å²) < 4.78 is 0. The zero-order valence-corrected chi connectivity index (χ0v) is 15.1. The van der Waals surface area contributed by atoms with Crippen LogP contribution in [0.1, 0.15) is 46.8 Å². The zero-order chi connectivity index (χ0) is 17.5. The molecule has 1 N–H and O–H groups in total. The van der Waals surface area contributed by atoms with Crippen molar-refractivity contribution in [1.82, 2.24) is 25.1 Å². The smallest absolute Gasteiger partial charge is 0.159 e. The summed E-state index contributed by atoms with van der Waals surface area (Å²) in [5.41, 5.74) is 7.57. The number of benzene rings is 1. The molecule has 0 bridgehead atoms. The van der Waals surface area contributed by atoms with Crippen LogP contribution in [0.25, 0.3) is 11.4 Å². The van der Waals surface area contributed by atoms with Gasteiger partial charge in [-0.05, 0) is 25.8 Å². The minimum atomic E-state index is 0.701. The van der Waals surface area contributed by atoms with Crippen molar-refractivity contribution >= 4 is 0 Å². The summed E-state index contributed by atoms with van der Waals surface area (Å²) in [5, 5.41) is 7.84. The van der Waals surface area contributed by atoms with Crippen LogP contribution in [-0.2, 0) is 19.5 Å². The molecule has 0 radical (unpaired) electrons. The average molecular weight is 345 g/mol. The van der Waals surface area contributed by atoms with Gasteiger partial charge in [0, 0.05) is 66.8 Å². The highest BCUT2D eigenvalue weighted by Gasteiger charge is 2.32. The third kappa shape index (κ3) is 3.03.